The highest BCUT2D eigenvalue weighted by Crippen LogP contribution is 2.24. The van der Waals surface area contributed by atoms with Crippen molar-refractivity contribution >= 4 is 33.8 Å². The molecule has 3 heterocycles. The Bertz CT molecular complexity index is 1300. The van der Waals surface area contributed by atoms with Crippen molar-refractivity contribution in [3.63, 3.8) is 0 Å². The second-order valence-corrected chi connectivity index (χ2v) is 9.16. The Balaban J connectivity index is 1.26. The molecule has 1 aliphatic rings. The van der Waals surface area contributed by atoms with Gasteiger partial charge in [0.25, 0.3) is 0 Å². The fourth-order valence-corrected chi connectivity index (χ4v) is 5.27. The number of thiazole rings is 1. The molecule has 2 amide bonds. The van der Waals surface area contributed by atoms with Crippen LogP contribution in [0.5, 0.6) is 0 Å². The summed E-state index contributed by atoms with van der Waals surface area (Å²) < 4.78 is 1.99. The van der Waals surface area contributed by atoms with E-state index in [4.69, 9.17) is 5.73 Å². The van der Waals surface area contributed by atoms with E-state index in [0.29, 0.717) is 6.54 Å². The van der Waals surface area contributed by atoms with E-state index >= 15 is 0 Å². The van der Waals surface area contributed by atoms with Crippen LogP contribution in [0, 0.1) is 0 Å². The van der Waals surface area contributed by atoms with Gasteiger partial charge in [-0.05, 0) is 37.1 Å². The summed E-state index contributed by atoms with van der Waals surface area (Å²) in [6.45, 7) is 1.49. The van der Waals surface area contributed by atoms with Crippen molar-refractivity contribution in [3.8, 4) is 11.3 Å². The molecule has 0 saturated carbocycles. The van der Waals surface area contributed by atoms with Crippen LogP contribution in [-0.2, 0) is 22.6 Å². The van der Waals surface area contributed by atoms with Crippen LogP contribution >= 0.6 is 11.3 Å². The van der Waals surface area contributed by atoms with Gasteiger partial charge in [0.15, 0.2) is 4.96 Å². The zero-order chi connectivity index (χ0) is 22.8. The van der Waals surface area contributed by atoms with Gasteiger partial charge in [0.2, 0.25) is 11.8 Å². The fourth-order valence-electron chi connectivity index (χ4n) is 4.39. The molecule has 8 heteroatoms. The third-order valence-corrected chi connectivity index (χ3v) is 6.87. The molecule has 0 radical (unpaired) electrons. The first-order valence-corrected chi connectivity index (χ1v) is 11.9. The molecule has 1 atom stereocenters. The number of aromatic nitrogens is 2. The maximum atomic E-state index is 12.8. The summed E-state index contributed by atoms with van der Waals surface area (Å²) >= 11 is 1.53. The van der Waals surface area contributed by atoms with E-state index in [1.165, 1.54) is 11.3 Å². The molecule has 3 N–H and O–H groups in total. The van der Waals surface area contributed by atoms with E-state index in [-0.39, 0.29) is 24.3 Å². The minimum absolute atomic E-state index is 0.0852. The molecule has 1 aliphatic heterocycles. The first-order valence-electron chi connectivity index (χ1n) is 11.0. The molecule has 168 valence electrons. The summed E-state index contributed by atoms with van der Waals surface area (Å²) in [5.41, 5.74) is 10.2. The van der Waals surface area contributed by atoms with Crippen molar-refractivity contribution in [3.05, 3.63) is 77.4 Å². The van der Waals surface area contributed by atoms with Gasteiger partial charge in [0.1, 0.15) is 0 Å². The first-order chi connectivity index (χ1) is 16.1. The minimum Gasteiger partial charge on any atom is -0.368 e. The van der Waals surface area contributed by atoms with Gasteiger partial charge in [-0.3, -0.25) is 18.9 Å². The number of nitrogens with two attached hydrogens (primary N) is 1. The van der Waals surface area contributed by atoms with Crippen LogP contribution in [0.25, 0.3) is 16.2 Å². The maximum Gasteiger partial charge on any atom is 0.234 e. The Morgan fingerprint density at radius 2 is 2.00 bits per heavy atom. The molecule has 2 aromatic heterocycles. The molecule has 1 saturated heterocycles. The van der Waals surface area contributed by atoms with Gasteiger partial charge in [-0.25, -0.2) is 4.98 Å². The first kappa shape index (κ1) is 21.4. The Morgan fingerprint density at radius 3 is 2.82 bits per heavy atom. The van der Waals surface area contributed by atoms with E-state index in [1.54, 1.807) is 0 Å². The molecular formula is C25H25N5O2S. The summed E-state index contributed by atoms with van der Waals surface area (Å²) in [6.07, 6.45) is 4.01. The van der Waals surface area contributed by atoms with Gasteiger partial charge >= 0.3 is 0 Å². The van der Waals surface area contributed by atoms with Gasteiger partial charge < -0.3 is 11.1 Å². The quantitative estimate of drug-likeness (QED) is 0.441. The Kier molecular flexibility index (Phi) is 5.93. The van der Waals surface area contributed by atoms with Crippen LogP contribution in [0.4, 0.5) is 5.69 Å². The van der Waals surface area contributed by atoms with Crippen molar-refractivity contribution in [2.45, 2.75) is 31.8 Å². The Labute approximate surface area is 195 Å². The van der Waals surface area contributed by atoms with Crippen LogP contribution in [0.3, 0.4) is 0 Å². The number of amides is 2. The fraction of sp³-hybridized carbons (Fsp3) is 0.240. The second kappa shape index (κ2) is 9.17. The van der Waals surface area contributed by atoms with Gasteiger partial charge in [-0.1, -0.05) is 42.5 Å². The Morgan fingerprint density at radius 1 is 1.15 bits per heavy atom. The zero-order valence-corrected chi connectivity index (χ0v) is 18.9. The number of carbonyl (C=O) groups excluding carboxylic acids is 2. The summed E-state index contributed by atoms with van der Waals surface area (Å²) in [4.78, 5) is 32.1. The van der Waals surface area contributed by atoms with Gasteiger partial charge in [-0.15, -0.1) is 11.3 Å². The summed E-state index contributed by atoms with van der Waals surface area (Å²) in [5, 5.41) is 4.98. The average molecular weight is 460 g/mol. The molecule has 2 aromatic carbocycles. The van der Waals surface area contributed by atoms with E-state index in [2.05, 4.69) is 15.2 Å². The lowest BCUT2D eigenvalue weighted by Crippen LogP contribution is -2.39. The number of nitrogens with zero attached hydrogens (tertiary/aromatic N) is 3. The molecule has 7 nitrogen and oxygen atoms in total. The van der Waals surface area contributed by atoms with Crippen LogP contribution < -0.4 is 11.1 Å². The molecule has 1 fully saturated rings. The van der Waals surface area contributed by atoms with E-state index < -0.39 is 0 Å². The number of primary amides is 1. The zero-order valence-electron chi connectivity index (χ0n) is 18.1. The van der Waals surface area contributed by atoms with Crippen molar-refractivity contribution in [2.24, 2.45) is 5.73 Å². The largest absolute Gasteiger partial charge is 0.368 e. The monoisotopic (exact) mass is 459 g/mol. The van der Waals surface area contributed by atoms with Gasteiger partial charge in [-0.2, -0.15) is 0 Å². The molecule has 0 spiro atoms. The number of benzene rings is 2. The van der Waals surface area contributed by atoms with Gasteiger partial charge in [0, 0.05) is 35.1 Å². The Hall–Kier alpha value is -3.49. The number of nitrogens with one attached hydrogen (secondary N) is 1. The summed E-state index contributed by atoms with van der Waals surface area (Å²) in [7, 11) is 0. The van der Waals surface area contributed by atoms with Crippen LogP contribution in [0.15, 0.2) is 66.2 Å². The predicted molar refractivity (Wildman–Crippen MR) is 130 cm³/mol. The topological polar surface area (TPSA) is 92.7 Å². The number of hydrogen-bond donors (Lipinski definition) is 2. The molecular weight excluding hydrogens is 434 g/mol. The maximum absolute atomic E-state index is 12.8. The molecule has 0 bridgehead atoms. The minimum atomic E-state index is -0.269. The lowest BCUT2D eigenvalue weighted by Gasteiger charge is -2.22. The predicted octanol–water partition coefficient (Wildman–Crippen LogP) is 3.69. The van der Waals surface area contributed by atoms with E-state index in [1.807, 2.05) is 70.6 Å². The van der Waals surface area contributed by atoms with Crippen LogP contribution in [0.1, 0.15) is 24.1 Å². The molecule has 1 unspecified atom stereocenters. The number of anilines is 1. The summed E-state index contributed by atoms with van der Waals surface area (Å²) in [5.74, 6) is -0.355. The number of imidazole rings is 1. The van der Waals surface area contributed by atoms with Gasteiger partial charge in [0.05, 0.1) is 18.2 Å². The third-order valence-electron chi connectivity index (χ3n) is 5.98. The molecule has 4 aromatic rings. The summed E-state index contributed by atoms with van der Waals surface area (Å²) in [6, 6.07) is 17.6. The standard InChI is InChI=1S/C25H25N5O2S/c26-24(32)22-10-5-11-29(22)14-17-6-4-9-19(12-17)27-23(31)13-20-16-33-25-28-21(15-30(20)25)18-7-2-1-3-8-18/h1-4,6-9,12,15-16,22H,5,10-11,13-14H2,(H2,26,32)(H,27,31). The van der Waals surface area contributed by atoms with Crippen molar-refractivity contribution in [1.29, 1.82) is 0 Å². The van der Waals surface area contributed by atoms with Crippen molar-refractivity contribution in [1.82, 2.24) is 14.3 Å². The average Bonchev–Trinajstić information content (AvgIpc) is 3.52. The third kappa shape index (κ3) is 4.67. The lowest BCUT2D eigenvalue weighted by molar-refractivity contribution is -0.122. The van der Waals surface area contributed by atoms with E-state index in [9.17, 15) is 9.59 Å². The number of likely N-dealkylation sites (tertiary alicyclic amines) is 1. The molecule has 33 heavy (non-hydrogen) atoms. The van der Waals surface area contributed by atoms with Crippen LogP contribution in [0.2, 0.25) is 0 Å². The number of hydrogen-bond acceptors (Lipinski definition) is 5. The second-order valence-electron chi connectivity index (χ2n) is 8.33. The van der Waals surface area contributed by atoms with Crippen molar-refractivity contribution in [2.75, 3.05) is 11.9 Å². The van der Waals surface area contributed by atoms with Crippen molar-refractivity contribution < 1.29 is 9.59 Å². The molecule has 0 aliphatic carbocycles. The highest BCUT2D eigenvalue weighted by Gasteiger charge is 2.28. The highest BCUT2D eigenvalue weighted by molar-refractivity contribution is 7.15. The number of carbonyl (C=O) groups is 2. The molecule has 5 rings (SSSR count). The highest BCUT2D eigenvalue weighted by atomic mass is 32.1. The SMILES string of the molecule is NC(=O)C1CCCN1Cc1cccc(NC(=O)Cc2csc3nc(-c4ccccc4)cn23)c1. The lowest BCUT2D eigenvalue weighted by atomic mass is 10.1. The van der Waals surface area contributed by atoms with E-state index in [0.717, 1.165) is 52.5 Å². The van der Waals surface area contributed by atoms with Crippen LogP contribution in [-0.4, -0.2) is 38.7 Å². The number of rotatable bonds is 7. The normalized spacial score (nSPS) is 16.3. The number of fused-ring (bicyclic) bond motifs is 1. The smallest absolute Gasteiger partial charge is 0.234 e.